The highest BCUT2D eigenvalue weighted by Crippen LogP contribution is 2.36. The minimum atomic E-state index is -4.44. The van der Waals surface area contributed by atoms with E-state index in [0.717, 1.165) is 52.8 Å². The summed E-state index contributed by atoms with van der Waals surface area (Å²) >= 11 is 6.39. The third-order valence-electron chi connectivity index (χ3n) is 9.43. The maximum atomic E-state index is 14.8. The molecule has 2 N–H and O–H groups in total. The summed E-state index contributed by atoms with van der Waals surface area (Å²) < 4.78 is 40.0. The Morgan fingerprint density at radius 3 is 2.50 bits per heavy atom. The van der Waals surface area contributed by atoms with Gasteiger partial charge in [0.1, 0.15) is 6.04 Å². The number of carbonyl (C=O) groups excluding carboxylic acids is 2. The molecule has 0 saturated carbocycles. The van der Waals surface area contributed by atoms with E-state index in [1.54, 1.807) is 21.9 Å². The number of alkyl halides is 3. The van der Waals surface area contributed by atoms with E-state index in [1.165, 1.54) is 6.07 Å². The molecule has 3 heterocycles. The van der Waals surface area contributed by atoms with Gasteiger partial charge in [-0.2, -0.15) is 13.2 Å². The fraction of sp³-hybridized carbons (Fsp3) is 0.389. The molecule has 4 aromatic rings. The lowest BCUT2D eigenvalue weighted by Crippen LogP contribution is -2.58. The van der Waals surface area contributed by atoms with E-state index in [2.05, 4.69) is 15.2 Å². The zero-order valence-corrected chi connectivity index (χ0v) is 28.0. The van der Waals surface area contributed by atoms with Crippen LogP contribution in [0.4, 0.5) is 29.3 Å². The van der Waals surface area contributed by atoms with Crippen LogP contribution in [0.5, 0.6) is 0 Å². The van der Waals surface area contributed by atoms with Crippen molar-refractivity contribution in [2.45, 2.75) is 31.5 Å². The summed E-state index contributed by atoms with van der Waals surface area (Å²) in [5.74, 6) is -0.441. The number of hydrogen-bond acceptors (Lipinski definition) is 4. The lowest BCUT2D eigenvalue weighted by atomic mass is 9.88. The highest BCUT2D eigenvalue weighted by Gasteiger charge is 2.38. The smallest absolute Gasteiger partial charge is 0.368 e. The van der Waals surface area contributed by atoms with Crippen LogP contribution >= 0.6 is 11.6 Å². The Kier molecular flexibility index (Phi) is 9.62. The predicted molar refractivity (Wildman–Crippen MR) is 184 cm³/mol. The highest BCUT2D eigenvalue weighted by atomic mass is 35.5. The maximum absolute atomic E-state index is 14.8. The molecule has 0 spiro atoms. The third-order valence-corrected chi connectivity index (χ3v) is 9.67. The van der Waals surface area contributed by atoms with Gasteiger partial charge in [0.2, 0.25) is 5.91 Å². The molecule has 1 saturated heterocycles. The van der Waals surface area contributed by atoms with Crippen LogP contribution in [0.2, 0.25) is 5.02 Å². The summed E-state index contributed by atoms with van der Waals surface area (Å²) in [6, 6.07) is 17.4. The van der Waals surface area contributed by atoms with Crippen molar-refractivity contribution in [2.75, 3.05) is 63.2 Å². The number of urea groups is 1. The van der Waals surface area contributed by atoms with Gasteiger partial charge in [0, 0.05) is 78.7 Å². The molecule has 0 aliphatic carbocycles. The number of amides is 3. The molecule has 0 bridgehead atoms. The van der Waals surface area contributed by atoms with Gasteiger partial charge in [-0.15, -0.1) is 0 Å². The first-order valence-electron chi connectivity index (χ1n) is 16.2. The van der Waals surface area contributed by atoms with Gasteiger partial charge in [0.05, 0.1) is 5.56 Å². The molecular weight excluding hydrogens is 641 g/mol. The van der Waals surface area contributed by atoms with Gasteiger partial charge < -0.3 is 29.9 Å². The van der Waals surface area contributed by atoms with Gasteiger partial charge in [-0.3, -0.25) is 4.79 Å². The van der Waals surface area contributed by atoms with E-state index in [4.69, 9.17) is 11.6 Å². The normalized spacial score (nSPS) is 18.2. The minimum absolute atomic E-state index is 0.165. The lowest BCUT2D eigenvalue weighted by Gasteiger charge is -2.40. The number of nitrogens with zero attached hydrogens (tertiary/aromatic N) is 4. The van der Waals surface area contributed by atoms with Crippen molar-refractivity contribution < 1.29 is 22.8 Å². The predicted octanol–water partition coefficient (Wildman–Crippen LogP) is 6.61. The van der Waals surface area contributed by atoms with E-state index < -0.39 is 23.7 Å². The first kappa shape index (κ1) is 33.7. The average Bonchev–Trinajstić information content (AvgIpc) is 3.50. The van der Waals surface area contributed by atoms with Gasteiger partial charge in [-0.25, -0.2) is 4.79 Å². The number of H-pyrrole nitrogens is 1. The lowest BCUT2D eigenvalue weighted by molar-refractivity contribution is -0.137. The number of fused-ring (bicyclic) bond motifs is 2. The maximum Gasteiger partial charge on any atom is 0.416 e. The fourth-order valence-corrected chi connectivity index (χ4v) is 7.24. The molecule has 0 radical (unpaired) electrons. The van der Waals surface area contributed by atoms with Crippen molar-refractivity contribution in [3.05, 3.63) is 94.6 Å². The number of hydrogen-bond donors (Lipinski definition) is 2. The summed E-state index contributed by atoms with van der Waals surface area (Å²) in [6.45, 7) is 4.53. The van der Waals surface area contributed by atoms with Crippen LogP contribution in [0.1, 0.15) is 29.5 Å². The number of aromatic amines is 1. The zero-order chi connectivity index (χ0) is 34.2. The fourth-order valence-electron chi connectivity index (χ4n) is 7.05. The number of carbonyl (C=O) groups is 2. The first-order valence-corrected chi connectivity index (χ1v) is 16.5. The number of rotatable bonds is 7. The molecule has 6 rings (SSSR count). The van der Waals surface area contributed by atoms with Crippen molar-refractivity contribution in [1.82, 2.24) is 20.1 Å². The van der Waals surface area contributed by atoms with Crippen LogP contribution < -0.4 is 15.1 Å². The number of aromatic nitrogens is 1. The Bertz CT molecular complexity index is 1780. The zero-order valence-electron chi connectivity index (χ0n) is 27.2. The van der Waals surface area contributed by atoms with Crippen molar-refractivity contribution >= 4 is 45.8 Å². The van der Waals surface area contributed by atoms with Crippen molar-refractivity contribution in [1.29, 1.82) is 0 Å². The Balaban J connectivity index is 1.26. The van der Waals surface area contributed by atoms with Gasteiger partial charge in [-0.1, -0.05) is 42.8 Å². The Hall–Kier alpha value is -4.22. The number of halogens is 4. The summed E-state index contributed by atoms with van der Waals surface area (Å²) in [7, 11) is 4.02. The second-order valence-electron chi connectivity index (χ2n) is 13.1. The van der Waals surface area contributed by atoms with Crippen LogP contribution in [0, 0.1) is 5.92 Å². The van der Waals surface area contributed by atoms with Gasteiger partial charge in [0.15, 0.2) is 0 Å². The number of piperazine rings is 1. The molecule has 48 heavy (non-hydrogen) atoms. The molecule has 254 valence electrons. The standard InChI is InChI=1S/C36H40ClF3N6O2/c1-23(30-20-41-31-10-5-4-9-29(30)31)33(34(47)46-22-24(21-43(2)3)17-25-18-27(37)11-12-32(25)46)42-35(48)45-15-13-44(14-16-45)28-8-6-7-26(19-28)36(38,39)40/h4-12,18-20,23-24,33,41H,13-17,21-22H2,1-3H3,(H,42,48)/t23?,24-,33?/m1/s1. The number of anilines is 2. The Labute approximate surface area is 283 Å². The Morgan fingerprint density at radius 1 is 1.02 bits per heavy atom. The van der Waals surface area contributed by atoms with E-state index >= 15 is 0 Å². The summed E-state index contributed by atoms with van der Waals surface area (Å²) in [6.07, 6.45) is -1.76. The highest BCUT2D eigenvalue weighted by molar-refractivity contribution is 6.30. The quantitative estimate of drug-likeness (QED) is 0.231. The monoisotopic (exact) mass is 680 g/mol. The largest absolute Gasteiger partial charge is 0.416 e. The average molecular weight is 681 g/mol. The molecule has 3 amide bonds. The first-order chi connectivity index (χ1) is 22.9. The summed E-state index contributed by atoms with van der Waals surface area (Å²) in [5, 5.41) is 4.68. The molecule has 3 aromatic carbocycles. The van der Waals surface area contributed by atoms with Gasteiger partial charge in [0.25, 0.3) is 0 Å². The van der Waals surface area contributed by atoms with Gasteiger partial charge >= 0.3 is 12.2 Å². The molecule has 3 atom stereocenters. The van der Waals surface area contributed by atoms with E-state index in [0.29, 0.717) is 43.4 Å². The molecule has 1 fully saturated rings. The third kappa shape index (κ3) is 7.12. The van der Waals surface area contributed by atoms with Crippen molar-refractivity contribution in [3.8, 4) is 0 Å². The number of para-hydroxylation sites is 1. The molecule has 1 aromatic heterocycles. The topological polar surface area (TPSA) is 74.9 Å². The van der Waals surface area contributed by atoms with E-state index in [-0.39, 0.29) is 17.9 Å². The summed E-state index contributed by atoms with van der Waals surface area (Å²) in [4.78, 5) is 39.3. The number of nitrogens with one attached hydrogen (secondary N) is 2. The van der Waals surface area contributed by atoms with Crippen molar-refractivity contribution in [2.24, 2.45) is 5.92 Å². The van der Waals surface area contributed by atoms with Crippen molar-refractivity contribution in [3.63, 3.8) is 0 Å². The molecule has 2 unspecified atom stereocenters. The second kappa shape index (κ2) is 13.7. The molecule has 12 heteroatoms. The SMILES string of the molecule is CC(c1c[nH]c2ccccc12)C(NC(=O)N1CCN(c2cccc(C(F)(F)F)c2)CC1)C(=O)N1C[C@@H](CN(C)C)Cc2cc(Cl)ccc21. The van der Waals surface area contributed by atoms with Crippen LogP contribution in [0.3, 0.4) is 0 Å². The summed E-state index contributed by atoms with van der Waals surface area (Å²) in [5.41, 5.74) is 3.39. The van der Waals surface area contributed by atoms with Crippen LogP contribution in [-0.2, 0) is 17.4 Å². The van der Waals surface area contributed by atoms with Crippen LogP contribution in [0.25, 0.3) is 10.9 Å². The van der Waals surface area contributed by atoms with Crippen LogP contribution in [-0.4, -0.2) is 86.1 Å². The number of benzene rings is 3. The molecule has 2 aliphatic heterocycles. The van der Waals surface area contributed by atoms with E-state index in [9.17, 15) is 22.8 Å². The minimum Gasteiger partial charge on any atom is -0.368 e. The molecular formula is C36H40ClF3N6O2. The molecule has 8 nitrogen and oxygen atoms in total. The van der Waals surface area contributed by atoms with Crippen LogP contribution in [0.15, 0.2) is 72.9 Å². The second-order valence-corrected chi connectivity index (χ2v) is 13.5. The van der Waals surface area contributed by atoms with Gasteiger partial charge in [-0.05, 0) is 80.0 Å². The van der Waals surface area contributed by atoms with E-state index in [1.807, 2.05) is 68.5 Å². The molecule has 2 aliphatic rings. The Morgan fingerprint density at radius 2 is 1.77 bits per heavy atom.